The molecular weight excluding hydrogens is 324 g/mol. The zero-order valence-electron chi connectivity index (χ0n) is 5.29. The zero-order valence-corrected chi connectivity index (χ0v) is 10.0. The molecule has 54 valence electrons. The lowest BCUT2D eigenvalue weighted by Crippen LogP contribution is -1.76. The zero-order chi connectivity index (χ0) is 7.72. The highest BCUT2D eigenvalue weighted by molar-refractivity contribution is 9.13. The molecule has 10 heavy (non-hydrogen) atoms. The van der Waals surface area contributed by atoms with Gasteiger partial charge in [0.2, 0.25) is 0 Å². The molecule has 0 radical (unpaired) electrons. The van der Waals surface area contributed by atoms with Gasteiger partial charge in [-0.05, 0) is 56.5 Å². The lowest BCUT2D eigenvalue weighted by molar-refractivity contribution is 1.39. The molecule has 0 N–H and O–H groups in total. The van der Waals surface area contributed by atoms with E-state index in [2.05, 4.69) is 60.8 Å². The molecule has 1 rings (SSSR count). The normalized spacial score (nSPS) is 10.0. The van der Waals surface area contributed by atoms with Gasteiger partial charge in [0.25, 0.3) is 0 Å². The molecule has 0 atom stereocenters. The van der Waals surface area contributed by atoms with E-state index in [0.29, 0.717) is 0 Å². The van der Waals surface area contributed by atoms with Crippen molar-refractivity contribution in [1.29, 1.82) is 0 Å². The Bertz CT molecular complexity index is 232. The molecule has 0 unspecified atom stereocenters. The van der Waals surface area contributed by atoms with E-state index in [0.717, 1.165) is 13.4 Å². The van der Waals surface area contributed by atoms with Gasteiger partial charge >= 0.3 is 0 Å². The molecule has 3 heteroatoms. The van der Waals surface area contributed by atoms with Crippen molar-refractivity contribution in [2.45, 2.75) is 6.92 Å². The number of hydrogen-bond donors (Lipinski definition) is 0. The summed E-state index contributed by atoms with van der Waals surface area (Å²) in [5, 5.41) is 0. The van der Waals surface area contributed by atoms with Crippen LogP contribution in [0.3, 0.4) is 0 Å². The second-order valence-electron chi connectivity index (χ2n) is 2.02. The first-order valence-electron chi connectivity index (χ1n) is 2.72. The lowest BCUT2D eigenvalue weighted by Gasteiger charge is -2.00. The smallest absolute Gasteiger partial charge is 0.0347 e. The van der Waals surface area contributed by atoms with Crippen LogP contribution in [-0.4, -0.2) is 0 Å². The average Bonchev–Trinajstić information content (AvgIpc) is 1.82. The predicted molar refractivity (Wildman–Crippen MR) is 54.3 cm³/mol. The molecule has 0 saturated heterocycles. The fraction of sp³-hybridized carbons (Fsp3) is 0.143. The summed E-state index contributed by atoms with van der Waals surface area (Å²) in [4.78, 5) is 0. The molecule has 0 aliphatic heterocycles. The van der Waals surface area contributed by atoms with Crippen molar-refractivity contribution < 1.29 is 0 Å². The van der Waals surface area contributed by atoms with E-state index >= 15 is 0 Å². The summed E-state index contributed by atoms with van der Waals surface area (Å²) in [7, 11) is 0. The SMILES string of the molecule is Cc1cc(Br)cc(Br)c1Br. The number of rotatable bonds is 0. The Balaban J connectivity index is 3.31. The topological polar surface area (TPSA) is 0 Å². The Morgan fingerprint density at radius 1 is 1.10 bits per heavy atom. The minimum atomic E-state index is 1.08. The highest BCUT2D eigenvalue weighted by Gasteiger charge is 2.00. The maximum Gasteiger partial charge on any atom is 0.0347 e. The molecule has 0 amide bonds. The molecule has 1 aromatic rings. The predicted octanol–water partition coefficient (Wildman–Crippen LogP) is 4.28. The van der Waals surface area contributed by atoms with Crippen LogP contribution < -0.4 is 0 Å². The van der Waals surface area contributed by atoms with Gasteiger partial charge in [-0.1, -0.05) is 15.9 Å². The third-order valence-electron chi connectivity index (χ3n) is 1.17. The highest BCUT2D eigenvalue weighted by atomic mass is 79.9. The number of benzene rings is 1. The minimum absolute atomic E-state index is 1.08. The number of hydrogen-bond acceptors (Lipinski definition) is 0. The molecule has 0 aliphatic rings. The summed E-state index contributed by atoms with van der Waals surface area (Å²) < 4.78 is 3.30. The molecule has 0 saturated carbocycles. The van der Waals surface area contributed by atoms with Gasteiger partial charge in [-0.25, -0.2) is 0 Å². The highest BCUT2D eigenvalue weighted by Crippen LogP contribution is 2.29. The average molecular weight is 329 g/mol. The van der Waals surface area contributed by atoms with E-state index < -0.39 is 0 Å². The summed E-state index contributed by atoms with van der Waals surface area (Å²) in [5.41, 5.74) is 1.22. The first kappa shape index (κ1) is 8.75. The van der Waals surface area contributed by atoms with Crippen molar-refractivity contribution in [1.82, 2.24) is 0 Å². The van der Waals surface area contributed by atoms with Crippen LogP contribution in [0.4, 0.5) is 0 Å². The van der Waals surface area contributed by atoms with Crippen molar-refractivity contribution in [2.75, 3.05) is 0 Å². The first-order valence-corrected chi connectivity index (χ1v) is 5.10. The fourth-order valence-electron chi connectivity index (χ4n) is 0.685. The van der Waals surface area contributed by atoms with Gasteiger partial charge in [0.15, 0.2) is 0 Å². The molecule has 0 nitrogen and oxygen atoms in total. The van der Waals surface area contributed by atoms with Crippen molar-refractivity contribution in [2.24, 2.45) is 0 Å². The van der Waals surface area contributed by atoms with Gasteiger partial charge in [-0.15, -0.1) is 0 Å². The molecule has 0 aliphatic carbocycles. The van der Waals surface area contributed by atoms with Crippen LogP contribution in [-0.2, 0) is 0 Å². The fourth-order valence-corrected chi connectivity index (χ4v) is 2.35. The van der Waals surface area contributed by atoms with Crippen LogP contribution in [0.5, 0.6) is 0 Å². The van der Waals surface area contributed by atoms with Gasteiger partial charge in [0.05, 0.1) is 0 Å². The Morgan fingerprint density at radius 2 is 1.70 bits per heavy atom. The van der Waals surface area contributed by atoms with E-state index in [1.807, 2.05) is 6.07 Å². The van der Waals surface area contributed by atoms with E-state index in [1.165, 1.54) is 5.56 Å². The quantitative estimate of drug-likeness (QED) is 0.623. The number of aryl methyl sites for hydroxylation is 1. The number of halogens is 3. The molecule has 1 aromatic carbocycles. The maximum absolute atomic E-state index is 3.45. The Kier molecular flexibility index (Phi) is 2.95. The van der Waals surface area contributed by atoms with Crippen LogP contribution in [0, 0.1) is 6.92 Å². The van der Waals surface area contributed by atoms with Crippen LogP contribution in [0.1, 0.15) is 5.56 Å². The third kappa shape index (κ3) is 1.83. The van der Waals surface area contributed by atoms with Crippen molar-refractivity contribution in [3.63, 3.8) is 0 Å². The summed E-state index contributed by atoms with van der Waals surface area (Å²) in [5.74, 6) is 0. The van der Waals surface area contributed by atoms with Crippen LogP contribution in [0.2, 0.25) is 0 Å². The van der Waals surface area contributed by atoms with Gasteiger partial charge < -0.3 is 0 Å². The Labute approximate surface area is 85.4 Å². The summed E-state index contributed by atoms with van der Waals surface area (Å²) >= 11 is 10.3. The Morgan fingerprint density at radius 3 is 2.20 bits per heavy atom. The summed E-state index contributed by atoms with van der Waals surface area (Å²) in [6, 6.07) is 4.08. The van der Waals surface area contributed by atoms with Crippen LogP contribution in [0.15, 0.2) is 25.6 Å². The van der Waals surface area contributed by atoms with E-state index in [9.17, 15) is 0 Å². The minimum Gasteiger partial charge on any atom is -0.0508 e. The largest absolute Gasteiger partial charge is 0.0508 e. The molecular formula is C7H5Br3. The maximum atomic E-state index is 3.45. The van der Waals surface area contributed by atoms with Crippen LogP contribution in [0.25, 0.3) is 0 Å². The molecule has 0 fully saturated rings. The Hall–Kier alpha value is 0.660. The van der Waals surface area contributed by atoms with E-state index in [4.69, 9.17) is 0 Å². The van der Waals surface area contributed by atoms with Crippen LogP contribution >= 0.6 is 47.8 Å². The van der Waals surface area contributed by atoms with Gasteiger partial charge in [-0.2, -0.15) is 0 Å². The van der Waals surface area contributed by atoms with E-state index in [1.54, 1.807) is 0 Å². The third-order valence-corrected chi connectivity index (χ3v) is 3.84. The molecule has 0 spiro atoms. The monoisotopic (exact) mass is 326 g/mol. The van der Waals surface area contributed by atoms with Crippen molar-refractivity contribution in [3.05, 3.63) is 31.1 Å². The summed E-state index contributed by atoms with van der Waals surface area (Å²) in [6.45, 7) is 2.06. The standard InChI is InChI=1S/C7H5Br3/c1-4-2-5(8)3-6(9)7(4)10/h2-3H,1H3. The van der Waals surface area contributed by atoms with Gasteiger partial charge in [-0.3, -0.25) is 0 Å². The molecule has 0 aromatic heterocycles. The van der Waals surface area contributed by atoms with E-state index in [-0.39, 0.29) is 0 Å². The second kappa shape index (κ2) is 3.37. The molecule has 0 bridgehead atoms. The van der Waals surface area contributed by atoms with Gasteiger partial charge in [0.1, 0.15) is 0 Å². The lowest BCUT2D eigenvalue weighted by atomic mass is 10.2. The second-order valence-corrected chi connectivity index (χ2v) is 4.58. The van der Waals surface area contributed by atoms with Gasteiger partial charge in [0, 0.05) is 13.4 Å². The van der Waals surface area contributed by atoms with Crippen molar-refractivity contribution >= 4 is 47.8 Å². The molecule has 0 heterocycles. The first-order chi connectivity index (χ1) is 4.61. The summed E-state index contributed by atoms with van der Waals surface area (Å²) in [6.07, 6.45) is 0. The van der Waals surface area contributed by atoms with Crippen molar-refractivity contribution in [3.8, 4) is 0 Å².